The number of carbonyl (C=O) groups excluding carboxylic acids is 2. The van der Waals surface area contributed by atoms with Gasteiger partial charge < -0.3 is 41.0 Å². The van der Waals surface area contributed by atoms with Gasteiger partial charge >= 0.3 is 0 Å². The molecule has 0 saturated heterocycles. The van der Waals surface area contributed by atoms with Gasteiger partial charge in [-0.1, -0.05) is 0 Å². The van der Waals surface area contributed by atoms with E-state index in [1.807, 2.05) is 0 Å². The zero-order valence-electron chi connectivity index (χ0n) is 12.8. The van der Waals surface area contributed by atoms with Gasteiger partial charge in [-0.2, -0.15) is 0 Å². The Kier molecular flexibility index (Phi) is 18.1. The molecule has 0 saturated carbocycles. The number of amides is 2. The number of aromatic amines is 2. The molecule has 128 valence electrons. The first kappa shape index (κ1) is 25.7. The van der Waals surface area contributed by atoms with Crippen LogP contribution in [0.5, 0.6) is 0 Å². The lowest BCUT2D eigenvalue weighted by molar-refractivity contribution is -0.378. The lowest BCUT2D eigenvalue weighted by Crippen LogP contribution is -3.00. The normalized spacial score (nSPS) is 7.74. The second kappa shape index (κ2) is 16.2. The van der Waals surface area contributed by atoms with Gasteiger partial charge in [0.2, 0.25) is 11.8 Å². The molecule has 0 atom stereocenters. The first-order chi connectivity index (χ1) is 10.0. The Hall–Kier alpha value is -2.22. The molecule has 2 aromatic heterocycles. The molecule has 2 heterocycles. The van der Waals surface area contributed by atoms with Crippen LogP contribution in [0.1, 0.15) is 20.7 Å². The maximum absolute atomic E-state index is 10.4. The largest absolute Gasteiger partial charge is 1.00 e. The van der Waals surface area contributed by atoms with Gasteiger partial charge in [0.1, 0.15) is 0 Å². The minimum atomic E-state index is -0.399. The number of ether oxygens (including phenoxy) is 1. The van der Waals surface area contributed by atoms with Crippen LogP contribution in [-0.2, 0) is 4.74 Å². The highest BCUT2D eigenvalue weighted by Crippen LogP contribution is 1.90. The average molecular weight is 363 g/mol. The standard InChI is InChI=1S/2C6H6N2O.C2H6O.2ClH/c2*7-6(9)5-1-3-8-4-2-5;1-3-2;;/h2*1-4H,(H2,7,9);1-2H3;2*1H. The Balaban J connectivity index is -0.000000277. The fraction of sp³-hybridized carbons (Fsp3) is 0.143. The van der Waals surface area contributed by atoms with E-state index in [0.29, 0.717) is 11.1 Å². The second-order valence-electron chi connectivity index (χ2n) is 3.71. The Morgan fingerprint density at radius 1 is 0.783 bits per heavy atom. The lowest BCUT2D eigenvalue weighted by Gasteiger charge is -1.85. The second-order valence-corrected chi connectivity index (χ2v) is 3.71. The topological polar surface area (TPSA) is 124 Å². The fourth-order valence-corrected chi connectivity index (χ4v) is 1.10. The molecule has 0 aromatic carbocycles. The number of H-pyrrole nitrogens is 2. The molecule has 0 aliphatic heterocycles. The summed E-state index contributed by atoms with van der Waals surface area (Å²) in [5.74, 6) is -0.798. The van der Waals surface area contributed by atoms with Crippen molar-refractivity contribution in [2.24, 2.45) is 11.5 Å². The summed E-state index contributed by atoms with van der Waals surface area (Å²) in [7, 11) is 3.25. The van der Waals surface area contributed by atoms with Crippen LogP contribution >= 0.6 is 0 Å². The van der Waals surface area contributed by atoms with Crippen molar-refractivity contribution in [1.29, 1.82) is 0 Å². The molecule has 0 bridgehead atoms. The molecule has 0 fully saturated rings. The number of primary amides is 2. The highest BCUT2D eigenvalue weighted by atomic mass is 35.5. The van der Waals surface area contributed by atoms with Crippen molar-refractivity contribution >= 4 is 11.8 Å². The molecule has 0 spiro atoms. The quantitative estimate of drug-likeness (QED) is 0.551. The number of hydrogen-bond acceptors (Lipinski definition) is 3. The number of hydrogen-bond donors (Lipinski definition) is 2. The van der Waals surface area contributed by atoms with Crippen LogP contribution in [0, 0.1) is 0 Å². The van der Waals surface area contributed by atoms with Gasteiger partial charge in [0.05, 0.1) is 11.1 Å². The molecular weight excluding hydrogens is 343 g/mol. The van der Waals surface area contributed by atoms with E-state index in [-0.39, 0.29) is 24.8 Å². The van der Waals surface area contributed by atoms with E-state index < -0.39 is 11.8 Å². The van der Waals surface area contributed by atoms with Crippen LogP contribution in [0.15, 0.2) is 49.1 Å². The van der Waals surface area contributed by atoms with E-state index in [4.69, 9.17) is 11.5 Å². The van der Waals surface area contributed by atoms with E-state index in [2.05, 4.69) is 14.7 Å². The zero-order valence-corrected chi connectivity index (χ0v) is 14.3. The van der Waals surface area contributed by atoms with Gasteiger partial charge in [-0.05, 0) is 0 Å². The molecular formula is C14H20Cl2N4O3. The van der Waals surface area contributed by atoms with E-state index in [1.165, 1.54) is 0 Å². The van der Waals surface area contributed by atoms with Crippen LogP contribution < -0.4 is 46.2 Å². The molecule has 0 radical (unpaired) electrons. The molecule has 2 amide bonds. The van der Waals surface area contributed by atoms with Crippen molar-refractivity contribution < 1.29 is 49.1 Å². The molecule has 2 rings (SSSR count). The van der Waals surface area contributed by atoms with Crippen molar-refractivity contribution in [2.45, 2.75) is 0 Å². The summed E-state index contributed by atoms with van der Waals surface area (Å²) >= 11 is 0. The number of pyridine rings is 2. The van der Waals surface area contributed by atoms with Gasteiger partial charge in [-0.3, -0.25) is 9.59 Å². The van der Waals surface area contributed by atoms with Gasteiger partial charge in [0.15, 0.2) is 24.8 Å². The van der Waals surface area contributed by atoms with Gasteiger partial charge in [-0.15, -0.1) is 0 Å². The number of nitrogens with one attached hydrogen (secondary N) is 2. The summed E-state index contributed by atoms with van der Waals surface area (Å²) in [4.78, 5) is 26.4. The SMILES string of the molecule is COC.NC(=O)c1cc[nH+]cc1.NC(=O)c1cc[nH+]cc1.[Cl-].[Cl-]. The van der Waals surface area contributed by atoms with Gasteiger partial charge in [-0.25, -0.2) is 9.97 Å². The van der Waals surface area contributed by atoms with E-state index >= 15 is 0 Å². The maximum Gasteiger partial charge on any atom is 0.249 e. The van der Waals surface area contributed by atoms with Crippen molar-refractivity contribution in [2.75, 3.05) is 14.2 Å². The highest BCUT2D eigenvalue weighted by molar-refractivity contribution is 5.92. The highest BCUT2D eigenvalue weighted by Gasteiger charge is 1.97. The number of aromatic nitrogens is 2. The molecule has 0 unspecified atom stereocenters. The molecule has 23 heavy (non-hydrogen) atoms. The van der Waals surface area contributed by atoms with Crippen LogP contribution in [0.2, 0.25) is 0 Å². The first-order valence-electron chi connectivity index (χ1n) is 5.94. The van der Waals surface area contributed by atoms with Crippen molar-refractivity contribution in [1.82, 2.24) is 0 Å². The molecule has 9 heteroatoms. The van der Waals surface area contributed by atoms with Crippen LogP contribution in [0.3, 0.4) is 0 Å². The number of rotatable bonds is 2. The zero-order chi connectivity index (χ0) is 16.1. The smallest absolute Gasteiger partial charge is 0.249 e. The summed E-state index contributed by atoms with van der Waals surface area (Å²) in [5, 5.41) is 0. The van der Waals surface area contributed by atoms with Crippen LogP contribution in [0.25, 0.3) is 0 Å². The molecule has 6 N–H and O–H groups in total. The summed E-state index contributed by atoms with van der Waals surface area (Å²) in [6.07, 6.45) is 6.61. The minimum absolute atomic E-state index is 0. The first-order valence-corrected chi connectivity index (χ1v) is 5.94. The minimum Gasteiger partial charge on any atom is -1.00 e. The third kappa shape index (κ3) is 13.2. The Morgan fingerprint density at radius 3 is 1.13 bits per heavy atom. The Labute approximate surface area is 147 Å². The predicted octanol–water partition coefficient (Wildman–Crippen LogP) is -6.53. The van der Waals surface area contributed by atoms with Crippen molar-refractivity contribution in [3.8, 4) is 0 Å². The van der Waals surface area contributed by atoms with Crippen LogP contribution in [-0.4, -0.2) is 26.0 Å². The number of nitrogens with two attached hydrogens (primary N) is 2. The van der Waals surface area contributed by atoms with Crippen molar-refractivity contribution in [3.63, 3.8) is 0 Å². The summed E-state index contributed by atoms with van der Waals surface area (Å²) < 4.78 is 4.25. The van der Waals surface area contributed by atoms with E-state index in [1.54, 1.807) is 63.3 Å². The number of halogens is 2. The monoisotopic (exact) mass is 362 g/mol. The molecule has 2 aromatic rings. The summed E-state index contributed by atoms with van der Waals surface area (Å²) in [6, 6.07) is 6.51. The van der Waals surface area contributed by atoms with Gasteiger partial charge in [0.25, 0.3) is 0 Å². The molecule has 7 nitrogen and oxygen atoms in total. The third-order valence-electron chi connectivity index (χ3n) is 2.01. The molecule has 0 aliphatic rings. The number of methoxy groups -OCH3 is 1. The summed E-state index contributed by atoms with van der Waals surface area (Å²) in [6.45, 7) is 0. The number of carbonyl (C=O) groups is 2. The van der Waals surface area contributed by atoms with E-state index in [9.17, 15) is 9.59 Å². The summed E-state index contributed by atoms with van der Waals surface area (Å²) in [5.41, 5.74) is 11.0. The predicted molar refractivity (Wildman–Crippen MR) is 76.0 cm³/mol. The van der Waals surface area contributed by atoms with E-state index in [0.717, 1.165) is 0 Å². The van der Waals surface area contributed by atoms with Gasteiger partial charge in [0, 0.05) is 38.5 Å². The lowest BCUT2D eigenvalue weighted by atomic mass is 10.3. The Morgan fingerprint density at radius 2 is 1.00 bits per heavy atom. The third-order valence-corrected chi connectivity index (χ3v) is 2.01. The fourth-order valence-electron chi connectivity index (χ4n) is 1.10. The average Bonchev–Trinajstić information content (AvgIpc) is 2.50. The van der Waals surface area contributed by atoms with Crippen LogP contribution in [0.4, 0.5) is 0 Å². The maximum atomic E-state index is 10.4. The van der Waals surface area contributed by atoms with Crippen molar-refractivity contribution in [3.05, 3.63) is 60.2 Å². The Bertz CT molecular complexity index is 493. The molecule has 0 aliphatic carbocycles.